The summed E-state index contributed by atoms with van der Waals surface area (Å²) in [5, 5.41) is 30.0. The molecular weight excluding hydrogens is 368 g/mol. The van der Waals surface area contributed by atoms with Gasteiger partial charge in [0.1, 0.15) is 0 Å². The number of rotatable bonds is 1. The van der Waals surface area contributed by atoms with E-state index in [1.165, 1.54) is 5.39 Å². The third kappa shape index (κ3) is 2.44. The SMILES string of the molecule is Oc1cc2cc3ccccc3cc2c(-c2cccc3cc4ccccc4cc23)c1O. The van der Waals surface area contributed by atoms with Crippen LogP contribution >= 0.6 is 0 Å². The van der Waals surface area contributed by atoms with E-state index in [9.17, 15) is 10.2 Å². The van der Waals surface area contributed by atoms with Crippen LogP contribution in [0.15, 0.2) is 97.1 Å². The highest BCUT2D eigenvalue weighted by Gasteiger charge is 2.17. The number of aromatic hydroxyl groups is 2. The Kier molecular flexibility index (Phi) is 3.50. The highest BCUT2D eigenvalue weighted by molar-refractivity contribution is 6.13. The summed E-state index contributed by atoms with van der Waals surface area (Å²) in [7, 11) is 0. The predicted octanol–water partition coefficient (Wildman–Crippen LogP) is 7.38. The maximum atomic E-state index is 10.9. The van der Waals surface area contributed by atoms with Gasteiger partial charge in [-0.25, -0.2) is 0 Å². The Balaban J connectivity index is 1.78. The molecule has 0 aliphatic carbocycles. The number of fused-ring (bicyclic) bond motifs is 4. The van der Waals surface area contributed by atoms with Crippen molar-refractivity contribution in [3.8, 4) is 22.6 Å². The van der Waals surface area contributed by atoms with Crippen molar-refractivity contribution in [2.24, 2.45) is 0 Å². The standard InChI is InChI=1S/C28H18O2/c29-26-16-22-13-18-7-2-4-9-20(18)15-25(22)27(28(26)30)23-11-5-10-21-12-17-6-1-3-8-19(17)14-24(21)23/h1-16,29-30H. The fraction of sp³-hybridized carbons (Fsp3) is 0. The summed E-state index contributed by atoms with van der Waals surface area (Å²) in [4.78, 5) is 0. The van der Waals surface area contributed by atoms with E-state index in [1.54, 1.807) is 6.07 Å². The van der Waals surface area contributed by atoms with Gasteiger partial charge in [0.25, 0.3) is 0 Å². The van der Waals surface area contributed by atoms with E-state index < -0.39 is 0 Å². The minimum Gasteiger partial charge on any atom is -0.504 e. The van der Waals surface area contributed by atoms with Crippen LogP contribution in [0, 0.1) is 0 Å². The predicted molar refractivity (Wildman–Crippen MR) is 125 cm³/mol. The van der Waals surface area contributed by atoms with Gasteiger partial charge in [-0.1, -0.05) is 66.7 Å². The van der Waals surface area contributed by atoms with E-state index in [0.717, 1.165) is 43.3 Å². The van der Waals surface area contributed by atoms with E-state index >= 15 is 0 Å². The fourth-order valence-corrected chi connectivity index (χ4v) is 4.52. The van der Waals surface area contributed by atoms with E-state index in [2.05, 4.69) is 54.6 Å². The molecule has 0 saturated carbocycles. The van der Waals surface area contributed by atoms with Crippen molar-refractivity contribution in [2.45, 2.75) is 0 Å². The van der Waals surface area contributed by atoms with Gasteiger partial charge in [-0.2, -0.15) is 0 Å². The van der Waals surface area contributed by atoms with E-state index in [1.807, 2.05) is 36.4 Å². The summed E-state index contributed by atoms with van der Waals surface area (Å²) in [5.41, 5.74) is 1.57. The van der Waals surface area contributed by atoms with Crippen molar-refractivity contribution in [3.05, 3.63) is 97.1 Å². The molecule has 0 aromatic heterocycles. The molecule has 0 amide bonds. The summed E-state index contributed by atoms with van der Waals surface area (Å²) in [5.74, 6) is -0.191. The maximum absolute atomic E-state index is 10.9. The van der Waals surface area contributed by atoms with Gasteiger partial charge in [0.2, 0.25) is 0 Å². The summed E-state index contributed by atoms with van der Waals surface area (Å²) >= 11 is 0. The van der Waals surface area contributed by atoms with Crippen molar-refractivity contribution in [2.75, 3.05) is 0 Å². The molecule has 2 nitrogen and oxygen atoms in total. The van der Waals surface area contributed by atoms with Crippen LogP contribution in [0.1, 0.15) is 0 Å². The average molecular weight is 386 g/mol. The van der Waals surface area contributed by atoms with Crippen LogP contribution in [0.2, 0.25) is 0 Å². The largest absolute Gasteiger partial charge is 0.504 e. The third-order valence-electron chi connectivity index (χ3n) is 5.97. The number of phenolic OH excluding ortho intramolecular Hbond substituents is 2. The van der Waals surface area contributed by atoms with Crippen LogP contribution < -0.4 is 0 Å². The van der Waals surface area contributed by atoms with Crippen molar-refractivity contribution >= 4 is 43.1 Å². The Hall–Kier alpha value is -4.04. The number of hydrogen-bond donors (Lipinski definition) is 2. The van der Waals surface area contributed by atoms with Crippen molar-refractivity contribution < 1.29 is 10.2 Å². The highest BCUT2D eigenvalue weighted by Crippen LogP contribution is 2.46. The zero-order valence-corrected chi connectivity index (χ0v) is 16.1. The Morgan fingerprint density at radius 2 is 0.967 bits per heavy atom. The lowest BCUT2D eigenvalue weighted by Crippen LogP contribution is -1.88. The van der Waals surface area contributed by atoms with Gasteiger partial charge in [0.15, 0.2) is 11.5 Å². The molecule has 0 bridgehead atoms. The lowest BCUT2D eigenvalue weighted by Gasteiger charge is -2.15. The molecule has 0 saturated heterocycles. The zero-order chi connectivity index (χ0) is 20.2. The molecule has 2 heteroatoms. The Morgan fingerprint density at radius 1 is 0.433 bits per heavy atom. The molecule has 30 heavy (non-hydrogen) atoms. The average Bonchev–Trinajstić information content (AvgIpc) is 2.77. The summed E-state index contributed by atoms with van der Waals surface area (Å²) in [6, 6.07) is 32.7. The van der Waals surface area contributed by atoms with Crippen molar-refractivity contribution in [3.63, 3.8) is 0 Å². The molecule has 2 N–H and O–H groups in total. The van der Waals surface area contributed by atoms with Crippen LogP contribution in [0.25, 0.3) is 54.2 Å². The van der Waals surface area contributed by atoms with Gasteiger partial charge in [-0.05, 0) is 79.0 Å². The lowest BCUT2D eigenvalue weighted by atomic mass is 9.90. The molecule has 0 heterocycles. The highest BCUT2D eigenvalue weighted by atomic mass is 16.3. The Morgan fingerprint density at radius 3 is 1.63 bits per heavy atom. The minimum atomic E-state index is -0.106. The second-order valence-corrected chi connectivity index (χ2v) is 7.77. The maximum Gasteiger partial charge on any atom is 0.166 e. The molecule has 0 aliphatic rings. The monoisotopic (exact) mass is 386 g/mol. The van der Waals surface area contributed by atoms with Crippen molar-refractivity contribution in [1.29, 1.82) is 0 Å². The second-order valence-electron chi connectivity index (χ2n) is 7.77. The van der Waals surface area contributed by atoms with Gasteiger partial charge in [-0.15, -0.1) is 0 Å². The molecule has 0 spiro atoms. The van der Waals surface area contributed by atoms with Crippen LogP contribution in [0.5, 0.6) is 11.5 Å². The zero-order valence-electron chi connectivity index (χ0n) is 16.1. The molecule has 6 aromatic rings. The molecule has 0 fully saturated rings. The first-order chi connectivity index (χ1) is 14.7. The molecule has 142 valence electrons. The van der Waals surface area contributed by atoms with Crippen LogP contribution in [0.3, 0.4) is 0 Å². The van der Waals surface area contributed by atoms with E-state index in [4.69, 9.17) is 0 Å². The molecule has 6 rings (SSSR count). The molecule has 0 atom stereocenters. The number of hydrogen-bond acceptors (Lipinski definition) is 2. The van der Waals surface area contributed by atoms with Gasteiger partial charge < -0.3 is 10.2 Å². The first kappa shape index (κ1) is 16.9. The van der Waals surface area contributed by atoms with Gasteiger partial charge in [0, 0.05) is 5.56 Å². The van der Waals surface area contributed by atoms with Crippen LogP contribution in [0.4, 0.5) is 0 Å². The topological polar surface area (TPSA) is 40.5 Å². The van der Waals surface area contributed by atoms with Gasteiger partial charge in [0.05, 0.1) is 0 Å². The Labute approximate surface area is 173 Å². The smallest absolute Gasteiger partial charge is 0.166 e. The van der Waals surface area contributed by atoms with Gasteiger partial charge >= 0.3 is 0 Å². The summed E-state index contributed by atoms with van der Waals surface area (Å²) < 4.78 is 0. The number of phenols is 2. The third-order valence-corrected chi connectivity index (χ3v) is 5.97. The molecule has 0 radical (unpaired) electrons. The first-order valence-electron chi connectivity index (χ1n) is 9.98. The van der Waals surface area contributed by atoms with Crippen molar-refractivity contribution in [1.82, 2.24) is 0 Å². The quantitative estimate of drug-likeness (QED) is 0.229. The molecular formula is C28H18O2. The Bertz CT molecular complexity index is 1610. The summed E-state index contributed by atoms with van der Waals surface area (Å²) in [6.07, 6.45) is 0. The molecule has 0 aliphatic heterocycles. The summed E-state index contributed by atoms with van der Waals surface area (Å²) in [6.45, 7) is 0. The normalized spacial score (nSPS) is 11.6. The first-order valence-corrected chi connectivity index (χ1v) is 9.98. The molecule has 0 unspecified atom stereocenters. The van der Waals surface area contributed by atoms with Crippen LogP contribution in [-0.4, -0.2) is 10.2 Å². The molecule has 6 aromatic carbocycles. The minimum absolute atomic E-state index is 0.0848. The van der Waals surface area contributed by atoms with Crippen LogP contribution in [-0.2, 0) is 0 Å². The lowest BCUT2D eigenvalue weighted by molar-refractivity contribution is 0.406. The fourth-order valence-electron chi connectivity index (χ4n) is 4.52. The second kappa shape index (κ2) is 6.23. The van der Waals surface area contributed by atoms with E-state index in [0.29, 0.717) is 5.56 Å². The number of benzene rings is 6. The van der Waals surface area contributed by atoms with E-state index in [-0.39, 0.29) is 11.5 Å². The van der Waals surface area contributed by atoms with Gasteiger partial charge in [-0.3, -0.25) is 0 Å².